The van der Waals surface area contributed by atoms with Gasteiger partial charge in [0.2, 0.25) is 0 Å². The topological polar surface area (TPSA) is 16.1 Å². The second-order valence-electron chi connectivity index (χ2n) is 5.17. The van der Waals surface area contributed by atoms with E-state index in [0.29, 0.717) is 5.41 Å². The number of piperidine rings is 1. The zero-order valence-corrected chi connectivity index (χ0v) is 9.83. The maximum Gasteiger partial charge on any atom is 0.116 e. The fourth-order valence-electron chi connectivity index (χ4n) is 2.73. The highest BCUT2D eigenvalue weighted by atomic mass is 15.2. The molecule has 0 amide bonds. The van der Waals surface area contributed by atoms with Crippen LogP contribution < -0.4 is 0 Å². The Labute approximate surface area is 96.7 Å². The first-order valence-corrected chi connectivity index (χ1v) is 5.83. The van der Waals surface area contributed by atoms with Gasteiger partial charge < -0.3 is 4.90 Å². The zero-order valence-electron chi connectivity index (χ0n) is 9.83. The average molecular weight is 212 g/mol. The number of nitrogens with zero attached hydrogens (tertiary/aromatic N) is 2. The summed E-state index contributed by atoms with van der Waals surface area (Å²) in [6.07, 6.45) is 3.11. The third kappa shape index (κ3) is 1.52. The van der Waals surface area contributed by atoms with E-state index in [1.165, 1.54) is 18.5 Å². The minimum atomic E-state index is 0.304. The molecule has 3 rings (SSSR count). The van der Waals surface area contributed by atoms with Gasteiger partial charge >= 0.3 is 0 Å². The van der Waals surface area contributed by atoms with Crippen molar-refractivity contribution in [3.63, 3.8) is 0 Å². The standard InChI is InChI=1S/C14H16N2/c1-11-4-3-7-15-13(11)5-6-14-8-12(14)9-16(2)10-14/h3-4,7,12H,8-10H2,1-2H3. The van der Waals surface area contributed by atoms with E-state index >= 15 is 0 Å². The molecule has 1 aromatic heterocycles. The molecular weight excluding hydrogens is 196 g/mol. The van der Waals surface area contributed by atoms with Crippen molar-refractivity contribution in [2.24, 2.45) is 11.3 Å². The van der Waals surface area contributed by atoms with Gasteiger partial charge in [-0.05, 0) is 43.9 Å². The van der Waals surface area contributed by atoms with E-state index in [0.717, 1.165) is 18.2 Å². The molecular formula is C14H16N2. The van der Waals surface area contributed by atoms with Crippen molar-refractivity contribution < 1.29 is 0 Å². The molecule has 1 aromatic rings. The van der Waals surface area contributed by atoms with Gasteiger partial charge in [-0.25, -0.2) is 4.98 Å². The molecule has 2 aliphatic rings. The molecule has 1 saturated carbocycles. The average Bonchev–Trinajstić information content (AvgIpc) is 2.81. The van der Waals surface area contributed by atoms with Crippen molar-refractivity contribution in [1.29, 1.82) is 0 Å². The molecule has 1 aliphatic heterocycles. The van der Waals surface area contributed by atoms with Crippen LogP contribution in [0.15, 0.2) is 18.3 Å². The lowest BCUT2D eigenvalue weighted by atomic mass is 10.1. The SMILES string of the molecule is Cc1cccnc1C#CC12CC1CN(C)C2. The number of hydrogen-bond donors (Lipinski definition) is 0. The number of pyridine rings is 1. The van der Waals surface area contributed by atoms with Gasteiger partial charge in [-0.1, -0.05) is 12.0 Å². The highest BCUT2D eigenvalue weighted by molar-refractivity contribution is 5.39. The summed E-state index contributed by atoms with van der Waals surface area (Å²) in [6, 6.07) is 4.03. The van der Waals surface area contributed by atoms with E-state index in [1.807, 2.05) is 12.3 Å². The van der Waals surface area contributed by atoms with Crippen LogP contribution in [-0.2, 0) is 0 Å². The second kappa shape index (κ2) is 3.33. The Balaban J connectivity index is 1.84. The summed E-state index contributed by atoms with van der Waals surface area (Å²) in [5, 5.41) is 0. The Morgan fingerprint density at radius 2 is 2.44 bits per heavy atom. The van der Waals surface area contributed by atoms with Gasteiger partial charge in [-0.15, -0.1) is 0 Å². The largest absolute Gasteiger partial charge is 0.305 e. The first kappa shape index (κ1) is 9.86. The maximum absolute atomic E-state index is 4.32. The lowest BCUT2D eigenvalue weighted by Crippen LogP contribution is -2.19. The van der Waals surface area contributed by atoms with Crippen molar-refractivity contribution in [2.45, 2.75) is 13.3 Å². The fourth-order valence-corrected chi connectivity index (χ4v) is 2.73. The summed E-state index contributed by atoms with van der Waals surface area (Å²) in [5.41, 5.74) is 2.42. The predicted octanol–water partition coefficient (Wildman–Crippen LogP) is 1.69. The van der Waals surface area contributed by atoms with Gasteiger partial charge in [-0.2, -0.15) is 0 Å². The molecule has 0 aromatic carbocycles. The van der Waals surface area contributed by atoms with Crippen molar-refractivity contribution in [3.8, 4) is 11.8 Å². The van der Waals surface area contributed by atoms with Crippen LogP contribution in [0, 0.1) is 30.1 Å². The van der Waals surface area contributed by atoms with Crippen LogP contribution in [0.2, 0.25) is 0 Å². The first-order chi connectivity index (χ1) is 7.70. The molecule has 0 N–H and O–H groups in total. The summed E-state index contributed by atoms with van der Waals surface area (Å²) in [7, 11) is 2.18. The smallest absolute Gasteiger partial charge is 0.116 e. The van der Waals surface area contributed by atoms with Crippen LogP contribution >= 0.6 is 0 Å². The van der Waals surface area contributed by atoms with Crippen molar-refractivity contribution in [2.75, 3.05) is 20.1 Å². The molecule has 2 atom stereocenters. The molecule has 1 aliphatic carbocycles. The number of aryl methyl sites for hydroxylation is 1. The van der Waals surface area contributed by atoms with Crippen LogP contribution in [0.4, 0.5) is 0 Å². The minimum absolute atomic E-state index is 0.304. The molecule has 2 heteroatoms. The molecule has 1 saturated heterocycles. The summed E-state index contributed by atoms with van der Waals surface area (Å²) >= 11 is 0. The van der Waals surface area contributed by atoms with E-state index in [9.17, 15) is 0 Å². The Bertz CT molecular complexity index is 483. The van der Waals surface area contributed by atoms with E-state index < -0.39 is 0 Å². The number of likely N-dealkylation sites (tertiary alicyclic amines) is 1. The molecule has 0 spiro atoms. The third-order valence-electron chi connectivity index (χ3n) is 3.76. The van der Waals surface area contributed by atoms with Crippen LogP contribution in [0.5, 0.6) is 0 Å². The lowest BCUT2D eigenvalue weighted by molar-refractivity contribution is 0.360. The van der Waals surface area contributed by atoms with Gasteiger partial charge in [0.05, 0.1) is 0 Å². The van der Waals surface area contributed by atoms with Crippen molar-refractivity contribution >= 4 is 0 Å². The summed E-state index contributed by atoms with van der Waals surface area (Å²) < 4.78 is 0. The monoisotopic (exact) mass is 212 g/mol. The van der Waals surface area contributed by atoms with Gasteiger partial charge in [0.1, 0.15) is 5.69 Å². The van der Waals surface area contributed by atoms with Crippen LogP contribution in [0.3, 0.4) is 0 Å². The van der Waals surface area contributed by atoms with Gasteiger partial charge in [0.15, 0.2) is 0 Å². The highest BCUT2D eigenvalue weighted by Crippen LogP contribution is 2.56. The van der Waals surface area contributed by atoms with Gasteiger partial charge in [0.25, 0.3) is 0 Å². The molecule has 2 heterocycles. The van der Waals surface area contributed by atoms with Gasteiger partial charge in [-0.3, -0.25) is 0 Å². The Kier molecular flexibility index (Phi) is 2.05. The van der Waals surface area contributed by atoms with Crippen LogP contribution in [-0.4, -0.2) is 30.0 Å². The zero-order chi connectivity index (χ0) is 11.2. The van der Waals surface area contributed by atoms with E-state index in [4.69, 9.17) is 0 Å². The molecule has 16 heavy (non-hydrogen) atoms. The minimum Gasteiger partial charge on any atom is -0.305 e. The number of hydrogen-bond acceptors (Lipinski definition) is 2. The van der Waals surface area contributed by atoms with Crippen molar-refractivity contribution in [3.05, 3.63) is 29.6 Å². The Morgan fingerprint density at radius 3 is 3.12 bits per heavy atom. The lowest BCUT2D eigenvalue weighted by Gasteiger charge is -2.10. The quantitative estimate of drug-likeness (QED) is 0.608. The van der Waals surface area contributed by atoms with E-state index in [-0.39, 0.29) is 0 Å². The summed E-state index contributed by atoms with van der Waals surface area (Å²) in [4.78, 5) is 6.70. The van der Waals surface area contributed by atoms with E-state index in [1.54, 1.807) is 0 Å². The molecule has 0 bridgehead atoms. The maximum atomic E-state index is 4.32. The first-order valence-electron chi connectivity index (χ1n) is 5.83. The Morgan fingerprint density at radius 1 is 1.56 bits per heavy atom. The van der Waals surface area contributed by atoms with E-state index in [2.05, 4.69) is 41.8 Å². The highest BCUT2D eigenvalue weighted by Gasteiger charge is 2.58. The fraction of sp³-hybridized carbons (Fsp3) is 0.500. The Hall–Kier alpha value is -1.33. The molecule has 2 nitrogen and oxygen atoms in total. The second-order valence-corrected chi connectivity index (χ2v) is 5.17. The summed E-state index contributed by atoms with van der Waals surface area (Å²) in [6.45, 7) is 4.42. The molecule has 2 fully saturated rings. The normalized spacial score (nSPS) is 31.8. The van der Waals surface area contributed by atoms with Gasteiger partial charge in [0, 0.05) is 24.7 Å². The number of fused-ring (bicyclic) bond motifs is 1. The predicted molar refractivity (Wildman–Crippen MR) is 63.9 cm³/mol. The molecule has 0 radical (unpaired) electrons. The summed E-state index contributed by atoms with van der Waals surface area (Å²) in [5.74, 6) is 7.55. The third-order valence-corrected chi connectivity index (χ3v) is 3.76. The van der Waals surface area contributed by atoms with Crippen LogP contribution in [0.25, 0.3) is 0 Å². The van der Waals surface area contributed by atoms with Crippen molar-refractivity contribution in [1.82, 2.24) is 9.88 Å². The molecule has 82 valence electrons. The van der Waals surface area contributed by atoms with Crippen LogP contribution in [0.1, 0.15) is 17.7 Å². The molecule has 2 unspecified atom stereocenters. The number of rotatable bonds is 0. The number of aromatic nitrogens is 1.